The fourth-order valence-electron chi connectivity index (χ4n) is 5.24. The predicted octanol–water partition coefficient (Wildman–Crippen LogP) is 5.49. The number of halogens is 3. The summed E-state index contributed by atoms with van der Waals surface area (Å²) in [6.45, 7) is 4.88. The number of nitrogens with one attached hydrogen (secondary N) is 1. The molecule has 12 heteroatoms. The monoisotopic (exact) mass is 556 g/mol. The van der Waals surface area contributed by atoms with Crippen LogP contribution >= 0.6 is 23.2 Å². The van der Waals surface area contributed by atoms with Crippen molar-refractivity contribution in [3.8, 4) is 17.0 Å². The fraction of sp³-hybridized carbons (Fsp3) is 0.308. The molecule has 0 bridgehead atoms. The smallest absolute Gasteiger partial charge is 0.409 e. The van der Waals surface area contributed by atoms with Crippen LogP contribution in [0.4, 0.5) is 15.0 Å². The van der Waals surface area contributed by atoms with Gasteiger partial charge in [-0.2, -0.15) is 9.49 Å². The molecule has 2 fully saturated rings. The summed E-state index contributed by atoms with van der Waals surface area (Å²) in [5.41, 5.74) is 2.89. The van der Waals surface area contributed by atoms with Crippen LogP contribution in [0.15, 0.2) is 42.7 Å². The van der Waals surface area contributed by atoms with Crippen LogP contribution in [0.2, 0.25) is 10.0 Å². The molecule has 2 saturated heterocycles. The van der Waals surface area contributed by atoms with Gasteiger partial charge in [0.15, 0.2) is 0 Å². The molecular weight excluding hydrogens is 534 g/mol. The zero-order valence-corrected chi connectivity index (χ0v) is 22.1. The average Bonchev–Trinajstić information content (AvgIpc) is 3.28. The number of anilines is 1. The Hall–Kier alpha value is -3.63. The number of hydrogen-bond donors (Lipinski definition) is 1. The van der Waals surface area contributed by atoms with E-state index < -0.39 is 12.1 Å². The van der Waals surface area contributed by atoms with Gasteiger partial charge in [-0.25, -0.2) is 14.8 Å². The Bertz CT molecular complexity index is 1530. The molecule has 1 amide bonds. The number of fused-ring (bicyclic) bond motifs is 1. The van der Waals surface area contributed by atoms with Crippen LogP contribution in [0.1, 0.15) is 18.6 Å². The number of carbonyl (C=O) groups excluding carboxylic acids is 1. The lowest BCUT2D eigenvalue weighted by molar-refractivity contribution is -0.0153. The van der Waals surface area contributed by atoms with E-state index in [1.165, 1.54) is 13.3 Å². The van der Waals surface area contributed by atoms with Crippen LogP contribution < -0.4 is 9.64 Å². The molecule has 0 saturated carbocycles. The Morgan fingerprint density at radius 2 is 1.92 bits per heavy atom. The number of pyridine rings is 2. The van der Waals surface area contributed by atoms with Crippen molar-refractivity contribution in [3.63, 3.8) is 0 Å². The molecule has 1 N–H and O–H groups in total. The van der Waals surface area contributed by atoms with Crippen molar-refractivity contribution < 1.29 is 18.7 Å². The molecule has 9 nitrogen and oxygen atoms in total. The average molecular weight is 557 g/mol. The fourth-order valence-corrected chi connectivity index (χ4v) is 5.89. The van der Waals surface area contributed by atoms with E-state index in [1.807, 2.05) is 24.3 Å². The highest BCUT2D eigenvalue weighted by Gasteiger charge is 2.53. The number of likely N-dealkylation sites (tertiary alicyclic amines) is 1. The van der Waals surface area contributed by atoms with Crippen LogP contribution in [0.25, 0.3) is 22.2 Å². The van der Waals surface area contributed by atoms with Gasteiger partial charge in [0, 0.05) is 60.5 Å². The summed E-state index contributed by atoms with van der Waals surface area (Å²) >= 11 is 12.3. The van der Waals surface area contributed by atoms with Crippen molar-refractivity contribution in [1.82, 2.24) is 25.1 Å². The molecule has 1 atom stereocenters. The number of carbonyl (C=O) groups is 1. The van der Waals surface area contributed by atoms with Gasteiger partial charge in [0.05, 0.1) is 17.6 Å². The van der Waals surface area contributed by atoms with Gasteiger partial charge in [-0.05, 0) is 37.3 Å². The minimum absolute atomic E-state index is 0.136. The van der Waals surface area contributed by atoms with E-state index in [0.717, 1.165) is 41.1 Å². The highest BCUT2D eigenvalue weighted by atomic mass is 35.5. The number of hydrogen-bond acceptors (Lipinski definition) is 7. The molecular formula is C26H23Cl2FN6O3. The Morgan fingerprint density at radius 1 is 1.13 bits per heavy atom. The highest BCUT2D eigenvalue weighted by molar-refractivity contribution is 6.35. The minimum atomic E-state index is -0.797. The molecule has 1 spiro atoms. The number of nitrogens with zero attached hydrogens (tertiary/aromatic N) is 5. The molecule has 1 aromatic carbocycles. The van der Waals surface area contributed by atoms with Crippen molar-refractivity contribution in [2.24, 2.45) is 5.41 Å². The summed E-state index contributed by atoms with van der Waals surface area (Å²) in [4.78, 5) is 23.7. The lowest BCUT2D eigenvalue weighted by Gasteiger charge is -2.59. The number of benzene rings is 1. The highest BCUT2D eigenvalue weighted by Crippen LogP contribution is 2.42. The zero-order chi connectivity index (χ0) is 26.6. The largest absolute Gasteiger partial charge is 0.486 e. The number of methoxy groups -OCH3 is 1. The van der Waals surface area contributed by atoms with E-state index in [2.05, 4.69) is 25.1 Å². The van der Waals surface area contributed by atoms with E-state index in [1.54, 1.807) is 24.1 Å². The Balaban J connectivity index is 1.17. The van der Waals surface area contributed by atoms with Crippen LogP contribution in [0.3, 0.4) is 0 Å². The molecule has 5 heterocycles. The van der Waals surface area contributed by atoms with Crippen molar-refractivity contribution in [1.29, 1.82) is 0 Å². The van der Waals surface area contributed by atoms with Gasteiger partial charge in [-0.15, -0.1) is 0 Å². The topological polar surface area (TPSA) is 96.5 Å². The lowest BCUT2D eigenvalue weighted by atomic mass is 9.73. The maximum absolute atomic E-state index is 13.9. The first-order chi connectivity index (χ1) is 18.3. The van der Waals surface area contributed by atoms with Gasteiger partial charge in [-0.3, -0.25) is 5.10 Å². The summed E-state index contributed by atoms with van der Waals surface area (Å²) in [6, 6.07) is 9.48. The molecule has 196 valence electrons. The molecule has 4 aromatic rings. The second-order valence-corrected chi connectivity index (χ2v) is 10.5. The van der Waals surface area contributed by atoms with Crippen LogP contribution in [-0.4, -0.2) is 64.4 Å². The maximum Gasteiger partial charge on any atom is 0.409 e. The molecule has 1 unspecified atom stereocenters. The van der Waals surface area contributed by atoms with Gasteiger partial charge in [0.2, 0.25) is 5.95 Å². The van der Waals surface area contributed by atoms with Gasteiger partial charge in [0.1, 0.15) is 28.4 Å². The number of aromatic amines is 1. The number of amides is 1. The summed E-state index contributed by atoms with van der Waals surface area (Å²) in [7, 11) is 1.40. The van der Waals surface area contributed by atoms with Gasteiger partial charge < -0.3 is 19.3 Å². The first-order valence-electron chi connectivity index (χ1n) is 12.0. The van der Waals surface area contributed by atoms with Crippen LogP contribution in [0.5, 0.6) is 5.75 Å². The molecule has 3 aromatic heterocycles. The van der Waals surface area contributed by atoms with E-state index in [9.17, 15) is 9.18 Å². The van der Waals surface area contributed by atoms with Crippen LogP contribution in [-0.2, 0) is 4.74 Å². The lowest BCUT2D eigenvalue weighted by Crippen LogP contribution is -2.73. The van der Waals surface area contributed by atoms with E-state index in [-0.39, 0.29) is 21.6 Å². The normalized spacial score (nSPS) is 16.8. The Kier molecular flexibility index (Phi) is 6.03. The third kappa shape index (κ3) is 4.17. The van der Waals surface area contributed by atoms with Crippen LogP contribution in [0, 0.1) is 11.4 Å². The summed E-state index contributed by atoms with van der Waals surface area (Å²) in [6.07, 6.45) is 2.13. The minimum Gasteiger partial charge on any atom is -0.486 e. The van der Waals surface area contributed by atoms with E-state index in [0.29, 0.717) is 24.4 Å². The summed E-state index contributed by atoms with van der Waals surface area (Å²) < 4.78 is 24.7. The van der Waals surface area contributed by atoms with E-state index >= 15 is 0 Å². The first kappa shape index (κ1) is 24.7. The molecule has 2 aliphatic heterocycles. The standard InChI is InChI=1S/C26H23Cl2FN6O3/c1-14(21-18(27)9-31-24(29)22(21)28)38-16-4-5-19-17(7-16)23(33-32-19)15-3-6-20(30-8-15)34-10-26(11-34)12-35(13-26)25(36)37-2/h3-9,14H,10-13H2,1-2H3,(H,32,33). The second-order valence-electron chi connectivity index (χ2n) is 9.75. The quantitative estimate of drug-likeness (QED) is 0.324. The molecule has 6 rings (SSSR count). The third-order valence-electron chi connectivity index (χ3n) is 7.10. The van der Waals surface area contributed by atoms with E-state index in [4.69, 9.17) is 32.7 Å². The SMILES string of the molecule is COC(=O)N1CC2(C1)CN(c1ccc(-c3n[nH]c4ccc(OC(C)c5c(Cl)cnc(F)c5Cl)cc34)cn1)C2. The molecule has 2 aliphatic rings. The van der Waals surface area contributed by atoms with Crippen molar-refractivity contribution >= 4 is 46.0 Å². The number of H-pyrrole nitrogens is 1. The molecule has 0 radical (unpaired) electrons. The Morgan fingerprint density at radius 3 is 2.63 bits per heavy atom. The maximum atomic E-state index is 13.9. The third-order valence-corrected chi connectivity index (χ3v) is 7.76. The van der Waals surface area contributed by atoms with Gasteiger partial charge in [0.25, 0.3) is 0 Å². The zero-order valence-electron chi connectivity index (χ0n) is 20.5. The van der Waals surface area contributed by atoms with Crippen molar-refractivity contribution in [3.05, 3.63) is 64.3 Å². The van der Waals surface area contributed by atoms with Gasteiger partial charge >= 0.3 is 6.09 Å². The first-order valence-corrected chi connectivity index (χ1v) is 12.7. The molecule has 0 aliphatic carbocycles. The van der Waals surface area contributed by atoms with Crippen molar-refractivity contribution in [2.75, 3.05) is 38.2 Å². The predicted molar refractivity (Wildman–Crippen MR) is 141 cm³/mol. The van der Waals surface area contributed by atoms with Gasteiger partial charge in [-0.1, -0.05) is 23.2 Å². The number of ether oxygens (including phenoxy) is 2. The van der Waals surface area contributed by atoms with Crippen molar-refractivity contribution in [2.45, 2.75) is 13.0 Å². The molecule has 38 heavy (non-hydrogen) atoms. The number of aromatic nitrogens is 4. The number of rotatable bonds is 5. The Labute approximate surface area is 227 Å². The summed E-state index contributed by atoms with van der Waals surface area (Å²) in [5.74, 6) is 0.634. The second kappa shape index (κ2) is 9.28. The summed E-state index contributed by atoms with van der Waals surface area (Å²) in [5, 5.41) is 8.45.